The molecule has 0 aliphatic rings. The van der Waals surface area contributed by atoms with Gasteiger partial charge in [0.15, 0.2) is 0 Å². The van der Waals surface area contributed by atoms with Crippen LogP contribution in [0.4, 0.5) is 0 Å². The van der Waals surface area contributed by atoms with Crippen molar-refractivity contribution >= 4 is 34.0 Å². The Hall–Kier alpha value is -1.41. The standard InChI is InChI=1S/C11H13N3O3S2/c1-6(2)9(10(16)17)18-4-7-3-8(15)14-11(13-7)19-5-12-14/h3,5-6,9H,4H2,1-2H3,(H,16,17). The zero-order valence-electron chi connectivity index (χ0n) is 10.4. The number of hydrogen-bond acceptors (Lipinski definition) is 6. The van der Waals surface area contributed by atoms with Crippen LogP contribution in [0.2, 0.25) is 0 Å². The Labute approximate surface area is 117 Å². The van der Waals surface area contributed by atoms with Gasteiger partial charge >= 0.3 is 5.97 Å². The molecule has 2 aromatic rings. The number of hydrogen-bond donors (Lipinski definition) is 1. The minimum atomic E-state index is -0.837. The van der Waals surface area contributed by atoms with Crippen LogP contribution in [0.5, 0.6) is 0 Å². The molecule has 1 unspecified atom stereocenters. The van der Waals surface area contributed by atoms with Gasteiger partial charge in [-0.15, -0.1) is 11.8 Å². The molecule has 1 atom stereocenters. The summed E-state index contributed by atoms with van der Waals surface area (Å²) < 4.78 is 1.23. The number of rotatable bonds is 5. The number of aliphatic carboxylic acids is 1. The highest BCUT2D eigenvalue weighted by Crippen LogP contribution is 2.23. The molecule has 8 heteroatoms. The highest BCUT2D eigenvalue weighted by molar-refractivity contribution is 7.99. The minimum absolute atomic E-state index is 0.0238. The van der Waals surface area contributed by atoms with E-state index in [4.69, 9.17) is 5.11 Å². The van der Waals surface area contributed by atoms with E-state index in [0.717, 1.165) is 0 Å². The molecule has 102 valence electrons. The summed E-state index contributed by atoms with van der Waals surface area (Å²) in [7, 11) is 0. The van der Waals surface area contributed by atoms with Gasteiger partial charge < -0.3 is 5.11 Å². The van der Waals surface area contributed by atoms with E-state index >= 15 is 0 Å². The summed E-state index contributed by atoms with van der Waals surface area (Å²) >= 11 is 2.56. The summed E-state index contributed by atoms with van der Waals surface area (Å²) in [6, 6.07) is 1.40. The van der Waals surface area contributed by atoms with Crippen LogP contribution in [-0.4, -0.2) is 30.9 Å². The fourth-order valence-electron chi connectivity index (χ4n) is 1.60. The average Bonchev–Trinajstić information content (AvgIpc) is 2.76. The zero-order chi connectivity index (χ0) is 14.0. The summed E-state index contributed by atoms with van der Waals surface area (Å²) in [6.07, 6.45) is 0. The van der Waals surface area contributed by atoms with Crippen molar-refractivity contribution < 1.29 is 9.90 Å². The van der Waals surface area contributed by atoms with E-state index < -0.39 is 11.2 Å². The quantitative estimate of drug-likeness (QED) is 0.900. The van der Waals surface area contributed by atoms with Crippen LogP contribution in [0.15, 0.2) is 16.4 Å². The van der Waals surface area contributed by atoms with Crippen LogP contribution in [0, 0.1) is 5.92 Å². The fraction of sp³-hybridized carbons (Fsp3) is 0.455. The van der Waals surface area contributed by atoms with Crippen molar-refractivity contribution in [3.05, 3.63) is 27.6 Å². The smallest absolute Gasteiger partial charge is 0.316 e. The third kappa shape index (κ3) is 3.13. The first kappa shape index (κ1) is 14.0. The van der Waals surface area contributed by atoms with Gasteiger partial charge in [-0.25, -0.2) is 4.98 Å². The molecule has 0 saturated carbocycles. The molecule has 0 fully saturated rings. The van der Waals surface area contributed by atoms with Crippen LogP contribution in [0.1, 0.15) is 19.5 Å². The number of thioether (sulfide) groups is 1. The van der Waals surface area contributed by atoms with E-state index in [9.17, 15) is 9.59 Å². The van der Waals surface area contributed by atoms with Crippen LogP contribution in [0.3, 0.4) is 0 Å². The first-order chi connectivity index (χ1) is 8.99. The summed E-state index contributed by atoms with van der Waals surface area (Å²) in [4.78, 5) is 27.6. The van der Waals surface area contributed by atoms with Crippen LogP contribution in [-0.2, 0) is 10.5 Å². The number of carboxylic acid groups (broad SMARTS) is 1. The van der Waals surface area contributed by atoms with E-state index in [0.29, 0.717) is 16.4 Å². The van der Waals surface area contributed by atoms with Crippen molar-refractivity contribution in [3.8, 4) is 0 Å². The third-order valence-corrected chi connectivity index (χ3v) is 4.74. The summed E-state index contributed by atoms with van der Waals surface area (Å²) in [6.45, 7) is 3.72. The second kappa shape index (κ2) is 5.70. The maximum Gasteiger partial charge on any atom is 0.316 e. The minimum Gasteiger partial charge on any atom is -0.480 e. The molecule has 0 radical (unpaired) electrons. The Bertz CT molecular complexity index is 650. The molecule has 2 heterocycles. The molecule has 1 N–H and O–H groups in total. The summed E-state index contributed by atoms with van der Waals surface area (Å²) in [5.41, 5.74) is 1.90. The SMILES string of the molecule is CC(C)C(SCc1cc(=O)n2ncsc2n1)C(=O)O. The van der Waals surface area contributed by atoms with Gasteiger partial charge in [0, 0.05) is 11.8 Å². The highest BCUT2D eigenvalue weighted by atomic mass is 32.2. The Kier molecular flexibility index (Phi) is 4.20. The van der Waals surface area contributed by atoms with Gasteiger partial charge in [-0.3, -0.25) is 9.59 Å². The summed E-state index contributed by atoms with van der Waals surface area (Å²) in [5.74, 6) is -0.412. The van der Waals surface area contributed by atoms with Crippen molar-refractivity contribution in [2.45, 2.75) is 24.9 Å². The van der Waals surface area contributed by atoms with Crippen LogP contribution < -0.4 is 5.56 Å². The third-order valence-electron chi connectivity index (χ3n) is 2.50. The molecule has 0 amide bonds. The molecule has 19 heavy (non-hydrogen) atoms. The maximum atomic E-state index is 11.7. The van der Waals surface area contributed by atoms with E-state index in [1.54, 1.807) is 5.51 Å². The molecule has 2 rings (SSSR count). The van der Waals surface area contributed by atoms with Crippen molar-refractivity contribution in [2.24, 2.45) is 5.92 Å². The Morgan fingerprint density at radius 3 is 2.95 bits per heavy atom. The second-order valence-electron chi connectivity index (χ2n) is 4.33. The number of carbonyl (C=O) groups is 1. The molecule has 0 aromatic carbocycles. The largest absolute Gasteiger partial charge is 0.480 e. The van der Waals surface area contributed by atoms with E-state index in [1.807, 2.05) is 13.8 Å². The number of nitrogens with zero attached hydrogens (tertiary/aromatic N) is 3. The highest BCUT2D eigenvalue weighted by Gasteiger charge is 2.22. The molecule has 0 aliphatic heterocycles. The van der Waals surface area contributed by atoms with Crippen molar-refractivity contribution in [1.82, 2.24) is 14.6 Å². The molecular weight excluding hydrogens is 286 g/mol. The molecule has 0 saturated heterocycles. The van der Waals surface area contributed by atoms with Gasteiger partial charge in [-0.05, 0) is 5.92 Å². The lowest BCUT2D eigenvalue weighted by molar-refractivity contribution is -0.137. The Morgan fingerprint density at radius 2 is 2.32 bits per heavy atom. The van der Waals surface area contributed by atoms with Crippen LogP contribution in [0.25, 0.3) is 4.96 Å². The van der Waals surface area contributed by atoms with Gasteiger partial charge in [0.25, 0.3) is 5.56 Å². The van der Waals surface area contributed by atoms with Gasteiger partial charge in [0.05, 0.1) is 5.69 Å². The lowest BCUT2D eigenvalue weighted by atomic mass is 10.1. The van der Waals surface area contributed by atoms with E-state index in [1.165, 1.54) is 33.7 Å². The normalized spacial score (nSPS) is 13.0. The fourth-order valence-corrected chi connectivity index (χ4v) is 3.27. The predicted octanol–water partition coefficient (Wildman–Crippen LogP) is 1.49. The topological polar surface area (TPSA) is 84.6 Å². The number of aromatic nitrogens is 3. The monoisotopic (exact) mass is 299 g/mol. The van der Waals surface area contributed by atoms with Gasteiger partial charge in [0.2, 0.25) is 4.96 Å². The zero-order valence-corrected chi connectivity index (χ0v) is 12.1. The van der Waals surface area contributed by atoms with Crippen molar-refractivity contribution in [2.75, 3.05) is 0 Å². The lowest BCUT2D eigenvalue weighted by Gasteiger charge is -2.14. The van der Waals surface area contributed by atoms with E-state index in [-0.39, 0.29) is 11.5 Å². The maximum absolute atomic E-state index is 11.7. The molecule has 0 spiro atoms. The molecular formula is C11H13N3O3S2. The first-order valence-corrected chi connectivity index (χ1v) is 7.58. The average molecular weight is 299 g/mol. The number of carboxylic acids is 1. The molecule has 0 aliphatic carbocycles. The van der Waals surface area contributed by atoms with Gasteiger partial charge in [0.1, 0.15) is 10.8 Å². The molecule has 0 bridgehead atoms. The number of fused-ring (bicyclic) bond motifs is 1. The van der Waals surface area contributed by atoms with E-state index in [2.05, 4.69) is 10.1 Å². The van der Waals surface area contributed by atoms with Crippen molar-refractivity contribution in [1.29, 1.82) is 0 Å². The Balaban J connectivity index is 2.17. The first-order valence-electron chi connectivity index (χ1n) is 5.66. The second-order valence-corrected chi connectivity index (χ2v) is 6.27. The van der Waals surface area contributed by atoms with Gasteiger partial charge in [-0.1, -0.05) is 25.2 Å². The Morgan fingerprint density at radius 1 is 1.58 bits per heavy atom. The van der Waals surface area contributed by atoms with Crippen LogP contribution >= 0.6 is 23.1 Å². The molecule has 6 nitrogen and oxygen atoms in total. The predicted molar refractivity (Wildman–Crippen MR) is 74.7 cm³/mol. The van der Waals surface area contributed by atoms with Gasteiger partial charge in [-0.2, -0.15) is 9.61 Å². The molecule has 2 aromatic heterocycles. The van der Waals surface area contributed by atoms with Crippen molar-refractivity contribution in [3.63, 3.8) is 0 Å². The lowest BCUT2D eigenvalue weighted by Crippen LogP contribution is -2.23. The summed E-state index contributed by atoms with van der Waals surface area (Å²) in [5, 5.41) is 12.5.